The second-order valence-corrected chi connectivity index (χ2v) is 7.62. The van der Waals surface area contributed by atoms with Crippen molar-refractivity contribution in [2.45, 2.75) is 44.2 Å². The van der Waals surface area contributed by atoms with E-state index in [9.17, 15) is 14.4 Å². The van der Waals surface area contributed by atoms with Crippen LogP contribution < -0.4 is 11.1 Å². The lowest BCUT2D eigenvalue weighted by Crippen LogP contribution is -2.62. The van der Waals surface area contributed by atoms with Gasteiger partial charge in [-0.15, -0.1) is 0 Å². The largest absolute Gasteiger partial charge is 0.361 e. The van der Waals surface area contributed by atoms with Crippen molar-refractivity contribution in [2.75, 3.05) is 19.6 Å². The molecule has 9 heteroatoms. The Balaban J connectivity index is 1.50. The fourth-order valence-electron chi connectivity index (χ4n) is 4.25. The van der Waals surface area contributed by atoms with Gasteiger partial charge in [0.25, 0.3) is 5.91 Å². The predicted molar refractivity (Wildman–Crippen MR) is 90.1 cm³/mol. The van der Waals surface area contributed by atoms with Crippen LogP contribution in [0.25, 0.3) is 0 Å². The van der Waals surface area contributed by atoms with Crippen molar-refractivity contribution >= 4 is 17.8 Å². The van der Waals surface area contributed by atoms with Gasteiger partial charge in [-0.3, -0.25) is 9.59 Å². The summed E-state index contributed by atoms with van der Waals surface area (Å²) in [6.07, 6.45) is 4.40. The van der Waals surface area contributed by atoms with Gasteiger partial charge in [-0.1, -0.05) is 5.16 Å². The smallest absolute Gasteiger partial charge is 0.313 e. The summed E-state index contributed by atoms with van der Waals surface area (Å²) in [6, 6.07) is -0.708. The number of nitrogens with one attached hydrogen (secondary N) is 1. The standard InChI is InChI=1S/C17H23N5O4/c1-10-13(7-19-26-10)14(23)21-8-11-2-5-22(12(6-11)9-21)15(24)17(3-4-17)20-16(18)25/h7,11-12H,2-6,8-9H2,1H3,(H3,18,20,25). The Morgan fingerprint density at radius 3 is 2.73 bits per heavy atom. The highest BCUT2D eigenvalue weighted by Crippen LogP contribution is 2.40. The van der Waals surface area contributed by atoms with E-state index >= 15 is 0 Å². The van der Waals surface area contributed by atoms with Crippen molar-refractivity contribution in [3.63, 3.8) is 0 Å². The molecule has 1 aliphatic carbocycles. The lowest BCUT2D eigenvalue weighted by molar-refractivity contribution is -0.140. The van der Waals surface area contributed by atoms with E-state index in [-0.39, 0.29) is 17.9 Å². The fourth-order valence-corrected chi connectivity index (χ4v) is 4.25. The Labute approximate surface area is 150 Å². The zero-order valence-corrected chi connectivity index (χ0v) is 14.7. The average Bonchev–Trinajstić information content (AvgIpc) is 3.25. The molecule has 1 aromatic rings. The molecule has 0 aromatic carbocycles. The molecule has 140 valence electrons. The van der Waals surface area contributed by atoms with E-state index in [1.54, 1.807) is 11.8 Å². The van der Waals surface area contributed by atoms with Crippen LogP contribution in [0, 0.1) is 12.8 Å². The summed E-state index contributed by atoms with van der Waals surface area (Å²) in [5, 5.41) is 6.29. The quantitative estimate of drug-likeness (QED) is 0.799. The van der Waals surface area contributed by atoms with Crippen LogP contribution in [0.5, 0.6) is 0 Å². The first kappa shape index (κ1) is 16.9. The SMILES string of the molecule is Cc1oncc1C(=O)N1CC2CCN(C(=O)C3(NC(N)=O)CC3)C(C2)C1. The number of urea groups is 1. The number of fused-ring (bicyclic) bond motifs is 2. The van der Waals surface area contributed by atoms with Gasteiger partial charge < -0.3 is 25.4 Å². The van der Waals surface area contributed by atoms with Gasteiger partial charge in [0.15, 0.2) is 0 Å². The van der Waals surface area contributed by atoms with E-state index in [0.717, 1.165) is 12.8 Å². The third-order valence-electron chi connectivity index (χ3n) is 5.79. The minimum atomic E-state index is -0.837. The summed E-state index contributed by atoms with van der Waals surface area (Å²) in [6.45, 7) is 3.54. The fraction of sp³-hybridized carbons (Fsp3) is 0.647. The highest BCUT2D eigenvalue weighted by Gasteiger charge is 2.55. The van der Waals surface area contributed by atoms with E-state index in [0.29, 0.717) is 49.7 Å². The third kappa shape index (κ3) is 2.81. The van der Waals surface area contributed by atoms with E-state index in [2.05, 4.69) is 10.5 Å². The van der Waals surface area contributed by atoms with Gasteiger partial charge in [0.05, 0.1) is 6.20 Å². The Morgan fingerprint density at radius 1 is 1.35 bits per heavy atom. The molecule has 2 saturated heterocycles. The van der Waals surface area contributed by atoms with Crippen LogP contribution in [-0.2, 0) is 4.79 Å². The van der Waals surface area contributed by atoms with Gasteiger partial charge >= 0.3 is 6.03 Å². The van der Waals surface area contributed by atoms with Crippen LogP contribution in [0.3, 0.4) is 0 Å². The number of likely N-dealkylation sites (tertiary alicyclic amines) is 2. The van der Waals surface area contributed by atoms with Crippen molar-refractivity contribution in [1.29, 1.82) is 0 Å². The number of rotatable bonds is 3. The summed E-state index contributed by atoms with van der Waals surface area (Å²) in [5.41, 5.74) is 4.86. The van der Waals surface area contributed by atoms with E-state index in [4.69, 9.17) is 10.3 Å². The molecule has 4 amide bonds. The zero-order valence-electron chi connectivity index (χ0n) is 14.7. The summed E-state index contributed by atoms with van der Waals surface area (Å²) in [5.74, 6) is 0.696. The molecule has 0 spiro atoms. The minimum Gasteiger partial charge on any atom is -0.361 e. The van der Waals surface area contributed by atoms with E-state index in [1.807, 2.05) is 4.90 Å². The molecule has 3 N–H and O–H groups in total. The molecule has 9 nitrogen and oxygen atoms in total. The highest BCUT2D eigenvalue weighted by molar-refractivity contribution is 5.95. The number of nitrogens with zero attached hydrogens (tertiary/aromatic N) is 3. The third-order valence-corrected chi connectivity index (χ3v) is 5.79. The highest BCUT2D eigenvalue weighted by atomic mass is 16.5. The van der Waals surface area contributed by atoms with Gasteiger partial charge in [0, 0.05) is 25.7 Å². The van der Waals surface area contributed by atoms with E-state index in [1.165, 1.54) is 6.20 Å². The van der Waals surface area contributed by atoms with Gasteiger partial charge in [-0.05, 0) is 38.5 Å². The number of aromatic nitrogens is 1. The molecule has 26 heavy (non-hydrogen) atoms. The maximum absolute atomic E-state index is 13.0. The predicted octanol–water partition coefficient (Wildman–Crippen LogP) is 0.247. The number of hydrogen-bond acceptors (Lipinski definition) is 5. The average molecular weight is 361 g/mol. The number of nitrogens with two attached hydrogens (primary N) is 1. The monoisotopic (exact) mass is 361 g/mol. The number of aryl methyl sites for hydroxylation is 1. The molecule has 0 radical (unpaired) electrons. The van der Waals surface area contributed by atoms with Crippen molar-refractivity contribution in [3.05, 3.63) is 17.5 Å². The Hall–Kier alpha value is -2.58. The van der Waals surface area contributed by atoms with Crippen LogP contribution in [-0.4, -0.2) is 64.0 Å². The molecule has 4 rings (SSSR count). The molecule has 2 atom stereocenters. The van der Waals surface area contributed by atoms with Crippen molar-refractivity contribution < 1.29 is 18.9 Å². The molecule has 1 aromatic heterocycles. The van der Waals surface area contributed by atoms with Crippen LogP contribution in [0.2, 0.25) is 0 Å². The molecule has 2 unspecified atom stereocenters. The number of hydrogen-bond donors (Lipinski definition) is 2. The first-order valence-corrected chi connectivity index (χ1v) is 8.99. The number of amides is 4. The Kier molecular flexibility index (Phi) is 3.89. The minimum absolute atomic E-state index is 0.0359. The van der Waals surface area contributed by atoms with Crippen LogP contribution >= 0.6 is 0 Å². The number of carbonyl (C=O) groups is 3. The zero-order chi connectivity index (χ0) is 18.5. The number of primary amides is 1. The molecule has 3 fully saturated rings. The molecule has 3 heterocycles. The maximum atomic E-state index is 13.0. The molecular formula is C17H23N5O4. The second kappa shape index (κ2) is 6.00. The molecule has 2 aliphatic heterocycles. The van der Waals surface area contributed by atoms with Crippen molar-refractivity contribution in [2.24, 2.45) is 11.7 Å². The van der Waals surface area contributed by atoms with Gasteiger partial charge in [0.2, 0.25) is 5.91 Å². The summed E-state index contributed by atoms with van der Waals surface area (Å²) < 4.78 is 5.01. The van der Waals surface area contributed by atoms with Crippen LogP contribution in [0.1, 0.15) is 41.8 Å². The van der Waals surface area contributed by atoms with Gasteiger partial charge in [0.1, 0.15) is 16.9 Å². The van der Waals surface area contributed by atoms with Crippen molar-refractivity contribution in [1.82, 2.24) is 20.3 Å². The maximum Gasteiger partial charge on any atom is 0.313 e. The van der Waals surface area contributed by atoms with Gasteiger partial charge in [-0.25, -0.2) is 4.79 Å². The summed E-state index contributed by atoms with van der Waals surface area (Å²) in [7, 11) is 0. The van der Waals surface area contributed by atoms with E-state index < -0.39 is 11.6 Å². The molecule has 3 aliphatic rings. The summed E-state index contributed by atoms with van der Waals surface area (Å²) >= 11 is 0. The molecule has 1 saturated carbocycles. The number of piperidine rings is 2. The van der Waals surface area contributed by atoms with Gasteiger partial charge in [-0.2, -0.15) is 0 Å². The first-order valence-electron chi connectivity index (χ1n) is 8.99. The Morgan fingerprint density at radius 2 is 2.12 bits per heavy atom. The molecular weight excluding hydrogens is 338 g/mol. The van der Waals surface area contributed by atoms with Crippen LogP contribution in [0.15, 0.2) is 10.7 Å². The van der Waals surface area contributed by atoms with Crippen LogP contribution in [0.4, 0.5) is 4.79 Å². The normalized spacial score (nSPS) is 26.3. The number of carbonyl (C=O) groups excluding carboxylic acids is 3. The molecule has 2 bridgehead atoms. The first-order chi connectivity index (χ1) is 12.4. The second-order valence-electron chi connectivity index (χ2n) is 7.62. The van der Waals surface area contributed by atoms with Crippen molar-refractivity contribution in [3.8, 4) is 0 Å². The topological polar surface area (TPSA) is 122 Å². The summed E-state index contributed by atoms with van der Waals surface area (Å²) in [4.78, 5) is 40.7. The lowest BCUT2D eigenvalue weighted by atomic mass is 9.85. The lowest BCUT2D eigenvalue weighted by Gasteiger charge is -2.48. The Bertz CT molecular complexity index is 756.